The highest BCUT2D eigenvalue weighted by molar-refractivity contribution is 7.15. The number of rotatable bonds is 4. The number of benzene rings is 1. The van der Waals surface area contributed by atoms with E-state index < -0.39 is 17.9 Å². The van der Waals surface area contributed by atoms with Crippen LogP contribution in [0, 0.1) is 26.6 Å². The van der Waals surface area contributed by atoms with Crippen LogP contribution in [-0.4, -0.2) is 37.5 Å². The fraction of sp³-hybridized carbons (Fsp3) is 0.435. The fourth-order valence-corrected chi connectivity index (χ4v) is 5.01. The Morgan fingerprint density at radius 1 is 1.16 bits per heavy atom. The number of hydrogen-bond donors (Lipinski definition) is 1. The van der Waals surface area contributed by atoms with E-state index in [2.05, 4.69) is 24.0 Å². The zero-order valence-corrected chi connectivity index (χ0v) is 19.4. The molecular weight excluding hydrogens is 415 g/mol. The number of halogens is 1. The number of aliphatic hydroxyl groups is 1. The second-order valence-corrected chi connectivity index (χ2v) is 10.0. The quantitative estimate of drug-likeness (QED) is 0.589. The van der Waals surface area contributed by atoms with E-state index in [0.29, 0.717) is 5.82 Å². The van der Waals surface area contributed by atoms with Gasteiger partial charge >= 0.3 is 0 Å². The number of hydrogen-bond acceptors (Lipinski definition) is 6. The number of aryl methyl sites for hydroxylation is 2. The van der Waals surface area contributed by atoms with Crippen LogP contribution < -0.4 is 0 Å². The Kier molecular flexibility index (Phi) is 5.57. The molecule has 0 saturated heterocycles. The first kappa shape index (κ1) is 21.8. The van der Waals surface area contributed by atoms with Gasteiger partial charge in [-0.1, -0.05) is 0 Å². The summed E-state index contributed by atoms with van der Waals surface area (Å²) in [6, 6.07) is 5.88. The highest BCUT2D eigenvalue weighted by Crippen LogP contribution is 2.40. The van der Waals surface area contributed by atoms with Crippen LogP contribution in [0.1, 0.15) is 66.5 Å². The normalized spacial score (nSPS) is 17.0. The molecule has 0 bridgehead atoms. The summed E-state index contributed by atoms with van der Waals surface area (Å²) in [5.41, 5.74) is 3.19. The van der Waals surface area contributed by atoms with Gasteiger partial charge in [0.2, 0.25) is 0 Å². The Morgan fingerprint density at radius 3 is 2.48 bits per heavy atom. The molecular formula is C23H27FN4O2S. The lowest BCUT2D eigenvalue weighted by molar-refractivity contribution is -0.170. The monoisotopic (exact) mass is 442 g/mol. The minimum absolute atomic E-state index is 0.229. The van der Waals surface area contributed by atoms with Crippen molar-refractivity contribution in [3.05, 3.63) is 63.3 Å². The third-order valence-corrected chi connectivity index (χ3v) is 6.46. The SMILES string of the molecule is Cc1sc2c(c1C)C(c1ccc(F)cc1)=N[C@@H](CC(O)OC(C)(C)C)c1nnc(C)n1-2. The predicted octanol–water partition coefficient (Wildman–Crippen LogP) is 4.81. The first-order valence-electron chi connectivity index (χ1n) is 10.3. The molecule has 8 heteroatoms. The van der Waals surface area contributed by atoms with Crippen molar-refractivity contribution >= 4 is 17.0 Å². The van der Waals surface area contributed by atoms with E-state index in [0.717, 1.165) is 33.2 Å². The third kappa shape index (κ3) is 4.20. The average molecular weight is 443 g/mol. The Hall–Kier alpha value is -2.42. The lowest BCUT2D eigenvalue weighted by Crippen LogP contribution is -2.28. The standard InChI is InChI=1S/C23H27FN4O2S/c1-12-13(2)31-22-19(12)20(15-7-9-16(24)10-8-15)25-17(11-18(29)30-23(4,5)6)21-27-26-14(3)28(21)22/h7-10,17-18,29H,11H2,1-6H3/t17-,18?/m0/s1. The molecule has 31 heavy (non-hydrogen) atoms. The van der Waals surface area contributed by atoms with Crippen molar-refractivity contribution in [2.45, 2.75) is 65.9 Å². The summed E-state index contributed by atoms with van der Waals surface area (Å²) >= 11 is 1.66. The van der Waals surface area contributed by atoms with Crippen molar-refractivity contribution in [2.24, 2.45) is 4.99 Å². The molecule has 0 fully saturated rings. The maximum Gasteiger partial charge on any atom is 0.163 e. The topological polar surface area (TPSA) is 72.5 Å². The summed E-state index contributed by atoms with van der Waals surface area (Å²) in [6.45, 7) is 11.7. The fourth-order valence-electron chi connectivity index (χ4n) is 3.80. The summed E-state index contributed by atoms with van der Waals surface area (Å²) in [5, 5.41) is 20.3. The Bertz CT molecular complexity index is 1140. The highest BCUT2D eigenvalue weighted by atomic mass is 32.1. The molecule has 3 heterocycles. The van der Waals surface area contributed by atoms with Crippen LogP contribution in [0.5, 0.6) is 0 Å². The van der Waals surface area contributed by atoms with E-state index in [9.17, 15) is 9.50 Å². The van der Waals surface area contributed by atoms with Gasteiger partial charge in [-0.15, -0.1) is 21.5 Å². The molecule has 1 unspecified atom stereocenters. The minimum Gasteiger partial charge on any atom is -0.368 e. The van der Waals surface area contributed by atoms with Crippen LogP contribution in [0.25, 0.3) is 5.00 Å². The van der Waals surface area contributed by atoms with E-state index in [1.807, 2.05) is 32.3 Å². The summed E-state index contributed by atoms with van der Waals surface area (Å²) < 4.78 is 21.4. The summed E-state index contributed by atoms with van der Waals surface area (Å²) in [5.74, 6) is 1.12. The van der Waals surface area contributed by atoms with Crippen molar-refractivity contribution in [2.75, 3.05) is 0 Å². The largest absolute Gasteiger partial charge is 0.368 e. The minimum atomic E-state index is -1.02. The summed E-state index contributed by atoms with van der Waals surface area (Å²) in [7, 11) is 0. The van der Waals surface area contributed by atoms with Crippen LogP contribution in [0.3, 0.4) is 0 Å². The number of aliphatic hydroxyl groups excluding tert-OH is 1. The van der Waals surface area contributed by atoms with E-state index in [-0.39, 0.29) is 12.2 Å². The van der Waals surface area contributed by atoms with Crippen molar-refractivity contribution in [1.29, 1.82) is 0 Å². The van der Waals surface area contributed by atoms with Gasteiger partial charge in [-0.3, -0.25) is 9.56 Å². The van der Waals surface area contributed by atoms with Crippen LogP contribution >= 0.6 is 11.3 Å². The van der Waals surface area contributed by atoms with Gasteiger partial charge in [0.25, 0.3) is 0 Å². The zero-order chi connectivity index (χ0) is 22.5. The van der Waals surface area contributed by atoms with E-state index in [1.165, 1.54) is 17.0 Å². The maximum absolute atomic E-state index is 13.6. The number of fused-ring (bicyclic) bond motifs is 3. The van der Waals surface area contributed by atoms with Gasteiger partial charge < -0.3 is 9.84 Å². The lowest BCUT2D eigenvalue weighted by Gasteiger charge is -2.25. The molecule has 1 aromatic carbocycles. The molecule has 3 aromatic rings. The lowest BCUT2D eigenvalue weighted by atomic mass is 9.99. The van der Waals surface area contributed by atoms with Gasteiger partial charge in [0.15, 0.2) is 12.1 Å². The molecule has 2 aromatic heterocycles. The van der Waals surface area contributed by atoms with Crippen molar-refractivity contribution in [3.8, 4) is 5.00 Å². The molecule has 1 aliphatic heterocycles. The summed E-state index contributed by atoms with van der Waals surface area (Å²) in [4.78, 5) is 6.23. The molecule has 0 radical (unpaired) electrons. The molecule has 6 nitrogen and oxygen atoms in total. The van der Waals surface area contributed by atoms with E-state index in [4.69, 9.17) is 9.73 Å². The number of thiophene rings is 1. The van der Waals surface area contributed by atoms with Gasteiger partial charge in [-0.25, -0.2) is 4.39 Å². The van der Waals surface area contributed by atoms with Gasteiger partial charge in [0, 0.05) is 22.4 Å². The molecule has 0 spiro atoms. The second-order valence-electron chi connectivity index (χ2n) is 8.83. The zero-order valence-electron chi connectivity index (χ0n) is 18.6. The first-order chi connectivity index (χ1) is 14.5. The smallest absolute Gasteiger partial charge is 0.163 e. The first-order valence-corrected chi connectivity index (χ1v) is 11.1. The Labute approximate surface area is 185 Å². The van der Waals surface area contributed by atoms with E-state index in [1.54, 1.807) is 23.5 Å². The Balaban J connectivity index is 1.90. The van der Waals surface area contributed by atoms with Gasteiger partial charge in [-0.05, 0) is 71.4 Å². The third-order valence-electron chi connectivity index (χ3n) is 5.27. The molecule has 1 N–H and O–H groups in total. The van der Waals surface area contributed by atoms with Crippen molar-refractivity contribution in [1.82, 2.24) is 14.8 Å². The molecule has 0 amide bonds. The van der Waals surface area contributed by atoms with Crippen molar-refractivity contribution < 1.29 is 14.2 Å². The predicted molar refractivity (Wildman–Crippen MR) is 120 cm³/mol. The number of aliphatic imine (C=N–C) groups is 1. The molecule has 0 saturated carbocycles. The molecule has 1 aliphatic rings. The number of aromatic nitrogens is 3. The Morgan fingerprint density at radius 2 is 1.84 bits per heavy atom. The number of nitrogens with zero attached hydrogens (tertiary/aromatic N) is 4. The second kappa shape index (κ2) is 7.93. The van der Waals surface area contributed by atoms with Crippen LogP contribution in [0.4, 0.5) is 4.39 Å². The van der Waals surface area contributed by atoms with E-state index >= 15 is 0 Å². The number of ether oxygens (including phenoxy) is 1. The molecule has 164 valence electrons. The molecule has 0 aliphatic carbocycles. The van der Waals surface area contributed by atoms with Gasteiger partial charge in [0.05, 0.1) is 11.3 Å². The maximum atomic E-state index is 13.6. The van der Waals surface area contributed by atoms with Gasteiger partial charge in [0.1, 0.15) is 22.7 Å². The van der Waals surface area contributed by atoms with Gasteiger partial charge in [-0.2, -0.15) is 0 Å². The van der Waals surface area contributed by atoms with Crippen LogP contribution in [0.15, 0.2) is 29.3 Å². The average Bonchev–Trinajstić information content (AvgIpc) is 3.14. The summed E-state index contributed by atoms with van der Waals surface area (Å²) in [6.07, 6.45) is -0.791. The van der Waals surface area contributed by atoms with Crippen molar-refractivity contribution in [3.63, 3.8) is 0 Å². The van der Waals surface area contributed by atoms with Crippen LogP contribution in [0.2, 0.25) is 0 Å². The molecule has 4 rings (SSSR count). The van der Waals surface area contributed by atoms with Crippen LogP contribution in [-0.2, 0) is 4.74 Å². The highest BCUT2D eigenvalue weighted by Gasteiger charge is 2.33. The molecule has 2 atom stereocenters.